The molecule has 14 heteroatoms. The summed E-state index contributed by atoms with van der Waals surface area (Å²) in [6, 6.07) is 4.51. The SMILES string of the molecule is CC(C)ON=C(C(=O)NC1C(=O)N2C(C(=O)[O-])=C(C[n+]3ccccc3)CS[C@H]12)c1csc(NC=O)n1. The Morgan fingerprint density at radius 2 is 2.11 bits per heavy atom. The zero-order valence-electron chi connectivity index (χ0n) is 19.2. The fraction of sp³-hybridized carbons (Fsp3) is 0.318. The number of aliphatic carboxylic acids is 1. The van der Waals surface area contributed by atoms with Gasteiger partial charge in [-0.25, -0.2) is 9.55 Å². The number of carboxylic acid groups (broad SMARTS) is 1. The lowest BCUT2D eigenvalue weighted by Gasteiger charge is -2.50. The highest BCUT2D eigenvalue weighted by Gasteiger charge is 2.53. The van der Waals surface area contributed by atoms with Gasteiger partial charge in [0.25, 0.3) is 11.8 Å². The molecule has 4 heterocycles. The van der Waals surface area contributed by atoms with Gasteiger partial charge in [-0.2, -0.15) is 0 Å². The molecule has 188 valence electrons. The van der Waals surface area contributed by atoms with Crippen LogP contribution in [0.15, 0.2) is 52.4 Å². The highest BCUT2D eigenvalue weighted by Crippen LogP contribution is 2.40. The van der Waals surface area contributed by atoms with Gasteiger partial charge in [-0.05, 0) is 13.8 Å². The molecule has 2 aromatic heterocycles. The monoisotopic (exact) mass is 530 g/mol. The van der Waals surface area contributed by atoms with E-state index >= 15 is 0 Å². The maximum absolute atomic E-state index is 13.1. The number of carbonyl (C=O) groups is 4. The van der Waals surface area contributed by atoms with E-state index in [0.717, 1.165) is 16.2 Å². The minimum Gasteiger partial charge on any atom is -0.543 e. The van der Waals surface area contributed by atoms with Gasteiger partial charge in [0.05, 0.1) is 11.7 Å². The van der Waals surface area contributed by atoms with Crippen molar-refractivity contribution in [2.45, 2.75) is 37.9 Å². The highest BCUT2D eigenvalue weighted by atomic mass is 32.2. The van der Waals surface area contributed by atoms with E-state index < -0.39 is 29.2 Å². The van der Waals surface area contributed by atoms with Crippen molar-refractivity contribution in [3.63, 3.8) is 0 Å². The van der Waals surface area contributed by atoms with Gasteiger partial charge in [-0.3, -0.25) is 19.3 Å². The van der Waals surface area contributed by atoms with E-state index in [1.165, 1.54) is 17.1 Å². The molecule has 2 atom stereocenters. The van der Waals surface area contributed by atoms with E-state index in [2.05, 4.69) is 20.8 Å². The van der Waals surface area contributed by atoms with Crippen LogP contribution in [0.1, 0.15) is 19.5 Å². The summed E-state index contributed by atoms with van der Waals surface area (Å²) < 4.78 is 1.81. The number of carbonyl (C=O) groups excluding carboxylic acids is 4. The van der Waals surface area contributed by atoms with Gasteiger partial charge in [0.1, 0.15) is 23.2 Å². The Balaban J connectivity index is 1.53. The number of aromatic nitrogens is 2. The first kappa shape index (κ1) is 25.3. The van der Waals surface area contributed by atoms with Gasteiger partial charge in [0.15, 0.2) is 29.8 Å². The van der Waals surface area contributed by atoms with Crippen molar-refractivity contribution >= 4 is 58.1 Å². The average Bonchev–Trinajstić information content (AvgIpc) is 3.31. The molecule has 2 N–H and O–H groups in total. The number of hydrogen-bond donors (Lipinski definition) is 2. The lowest BCUT2D eigenvalue weighted by Crippen LogP contribution is -2.71. The van der Waals surface area contributed by atoms with Crippen molar-refractivity contribution in [1.29, 1.82) is 0 Å². The quantitative estimate of drug-likeness (QED) is 0.133. The molecule has 12 nitrogen and oxygen atoms in total. The second kappa shape index (κ2) is 10.9. The molecule has 4 rings (SSSR count). The van der Waals surface area contributed by atoms with Crippen LogP contribution in [-0.4, -0.2) is 63.1 Å². The lowest BCUT2D eigenvalue weighted by atomic mass is 10.0. The Hall–Kier alpha value is -3.78. The predicted molar refractivity (Wildman–Crippen MR) is 128 cm³/mol. The van der Waals surface area contributed by atoms with E-state index in [1.807, 2.05) is 22.8 Å². The Morgan fingerprint density at radius 3 is 2.78 bits per heavy atom. The fourth-order valence-corrected chi connectivity index (χ4v) is 5.61. The van der Waals surface area contributed by atoms with Crippen LogP contribution < -0.4 is 20.3 Å². The van der Waals surface area contributed by atoms with E-state index in [1.54, 1.807) is 26.2 Å². The molecule has 0 saturated carbocycles. The molecule has 0 bridgehead atoms. The standard InChI is InChI=1S/C22H22N6O6S2/c1-12(2)34-26-15(14-10-36-22(24-14)23-11-29)18(30)25-16-19(31)28-17(21(32)33)13(9-35-20(16)28)8-27-6-4-3-5-7-27/h3-7,10-12,16,20H,8-9H2,1-2H3,(H2-,23,24,25,29,30,32,33)/t16?,20-/m1/s1. The zero-order valence-corrected chi connectivity index (χ0v) is 20.9. The minimum absolute atomic E-state index is 0.153. The summed E-state index contributed by atoms with van der Waals surface area (Å²) in [5.41, 5.74) is 0.338. The molecule has 2 aromatic rings. The number of anilines is 1. The topological polar surface area (TPSA) is 157 Å². The van der Waals surface area contributed by atoms with Gasteiger partial charge >= 0.3 is 0 Å². The third-order valence-electron chi connectivity index (χ3n) is 5.18. The molecule has 0 radical (unpaired) electrons. The van der Waals surface area contributed by atoms with Gasteiger partial charge in [0, 0.05) is 28.8 Å². The van der Waals surface area contributed by atoms with Crippen LogP contribution in [0, 0.1) is 0 Å². The normalized spacial score (nSPS) is 19.5. The van der Waals surface area contributed by atoms with Crippen molar-refractivity contribution in [1.82, 2.24) is 15.2 Å². The first-order valence-electron chi connectivity index (χ1n) is 10.8. The largest absolute Gasteiger partial charge is 0.543 e. The average molecular weight is 531 g/mol. The third kappa shape index (κ3) is 5.23. The van der Waals surface area contributed by atoms with Crippen LogP contribution in [0.2, 0.25) is 0 Å². The predicted octanol–water partition coefficient (Wildman–Crippen LogP) is -0.768. The summed E-state index contributed by atoms with van der Waals surface area (Å²) in [7, 11) is 0. The minimum atomic E-state index is -1.45. The van der Waals surface area contributed by atoms with E-state index in [9.17, 15) is 24.3 Å². The number of pyridine rings is 1. The van der Waals surface area contributed by atoms with Gasteiger partial charge in [0.2, 0.25) is 6.41 Å². The summed E-state index contributed by atoms with van der Waals surface area (Å²) in [5.74, 6) is -2.39. The number of fused-ring (bicyclic) bond motifs is 1. The molecule has 0 aliphatic carbocycles. The maximum Gasteiger partial charge on any atom is 0.276 e. The Kier molecular flexibility index (Phi) is 7.64. The molecule has 0 aromatic carbocycles. The Morgan fingerprint density at radius 1 is 1.36 bits per heavy atom. The number of β-lactam (4-membered cyclic amide) rings is 1. The fourth-order valence-electron chi connectivity index (χ4n) is 3.62. The molecule has 0 spiro atoms. The summed E-state index contributed by atoms with van der Waals surface area (Å²) in [6.45, 7) is 3.74. The van der Waals surface area contributed by atoms with Crippen molar-refractivity contribution in [2.24, 2.45) is 5.16 Å². The van der Waals surface area contributed by atoms with Crippen LogP contribution in [0.3, 0.4) is 0 Å². The van der Waals surface area contributed by atoms with E-state index in [4.69, 9.17) is 4.84 Å². The summed E-state index contributed by atoms with van der Waals surface area (Å²) in [4.78, 5) is 59.3. The first-order chi connectivity index (χ1) is 17.3. The van der Waals surface area contributed by atoms with Crippen molar-refractivity contribution in [2.75, 3.05) is 11.1 Å². The molecule has 36 heavy (non-hydrogen) atoms. The molecule has 1 unspecified atom stereocenters. The van der Waals surface area contributed by atoms with E-state index in [-0.39, 0.29) is 34.9 Å². The number of oxime groups is 1. The molecule has 2 aliphatic rings. The van der Waals surface area contributed by atoms with Crippen molar-refractivity contribution in [3.05, 3.63) is 52.9 Å². The van der Waals surface area contributed by atoms with Gasteiger partial charge < -0.3 is 25.4 Å². The molecule has 2 aliphatic heterocycles. The highest BCUT2D eigenvalue weighted by molar-refractivity contribution is 8.00. The second-order valence-electron chi connectivity index (χ2n) is 8.04. The van der Waals surface area contributed by atoms with E-state index in [0.29, 0.717) is 17.7 Å². The smallest absolute Gasteiger partial charge is 0.276 e. The first-order valence-corrected chi connectivity index (χ1v) is 12.8. The summed E-state index contributed by atoms with van der Waals surface area (Å²) in [5, 5.41) is 22.0. The van der Waals surface area contributed by atoms with Crippen LogP contribution >= 0.6 is 23.1 Å². The molecule has 1 fully saturated rings. The molecule has 3 amide bonds. The Bertz CT molecular complexity index is 1240. The number of rotatable bonds is 10. The summed E-state index contributed by atoms with van der Waals surface area (Å²) >= 11 is 2.43. The number of carboxylic acids is 1. The third-order valence-corrected chi connectivity index (χ3v) is 7.29. The number of amides is 3. The number of thioether (sulfide) groups is 1. The number of thiazole rings is 1. The van der Waals surface area contributed by atoms with Crippen LogP contribution in [0.5, 0.6) is 0 Å². The number of nitrogens with one attached hydrogen (secondary N) is 2. The molecule has 1 saturated heterocycles. The lowest BCUT2D eigenvalue weighted by molar-refractivity contribution is -0.689. The van der Waals surface area contributed by atoms with Crippen LogP contribution in [-0.2, 0) is 30.6 Å². The number of nitrogens with zero attached hydrogens (tertiary/aromatic N) is 4. The van der Waals surface area contributed by atoms with Crippen molar-refractivity contribution in [3.8, 4) is 0 Å². The number of hydrogen-bond acceptors (Lipinski definition) is 10. The van der Waals surface area contributed by atoms with Crippen LogP contribution in [0.25, 0.3) is 0 Å². The second-order valence-corrected chi connectivity index (χ2v) is 10.0. The molecular weight excluding hydrogens is 508 g/mol. The summed E-state index contributed by atoms with van der Waals surface area (Å²) in [6.07, 6.45) is 3.72. The zero-order chi connectivity index (χ0) is 25.8. The van der Waals surface area contributed by atoms with Gasteiger partial charge in [-0.15, -0.1) is 23.1 Å². The maximum atomic E-state index is 13.1. The Labute approximate surface area is 214 Å². The molecular formula is C22H22N6O6S2. The van der Waals surface area contributed by atoms with Gasteiger partial charge in [-0.1, -0.05) is 11.2 Å². The van der Waals surface area contributed by atoms with Crippen LogP contribution in [0.4, 0.5) is 5.13 Å². The van der Waals surface area contributed by atoms with Crippen molar-refractivity contribution < 1.29 is 33.7 Å².